The van der Waals surface area contributed by atoms with E-state index in [1.165, 1.54) is 0 Å². The standard InChI is InChI=1S/C14H9Cl2N3/c15-11-6-4-9(5-7-11)13-14(18-19-17-13)10-2-1-3-12(16)8-10/h1-8H,(H,17,18,19). The Balaban J connectivity index is 2.10. The molecular weight excluding hydrogens is 281 g/mol. The van der Waals surface area contributed by atoms with Crippen LogP contribution in [-0.2, 0) is 0 Å². The van der Waals surface area contributed by atoms with Crippen LogP contribution in [0.25, 0.3) is 22.5 Å². The summed E-state index contributed by atoms with van der Waals surface area (Å²) in [6, 6.07) is 15.0. The largest absolute Gasteiger partial charge is 0.197 e. The molecule has 0 fully saturated rings. The molecule has 0 bridgehead atoms. The van der Waals surface area contributed by atoms with Gasteiger partial charge in [-0.15, -0.1) is 0 Å². The minimum Gasteiger partial charge on any atom is -0.197 e. The van der Waals surface area contributed by atoms with Crippen LogP contribution in [0.5, 0.6) is 0 Å². The minimum atomic E-state index is 0.669. The van der Waals surface area contributed by atoms with Gasteiger partial charge in [0.05, 0.1) is 0 Å². The van der Waals surface area contributed by atoms with Crippen molar-refractivity contribution in [2.45, 2.75) is 0 Å². The second-order valence-electron chi connectivity index (χ2n) is 4.04. The van der Waals surface area contributed by atoms with E-state index in [-0.39, 0.29) is 0 Å². The van der Waals surface area contributed by atoms with E-state index in [0.29, 0.717) is 10.0 Å². The van der Waals surface area contributed by atoms with E-state index < -0.39 is 0 Å². The predicted molar refractivity (Wildman–Crippen MR) is 77.3 cm³/mol. The van der Waals surface area contributed by atoms with Gasteiger partial charge in [-0.3, -0.25) is 0 Å². The van der Waals surface area contributed by atoms with Crippen LogP contribution in [0.15, 0.2) is 48.5 Å². The van der Waals surface area contributed by atoms with Gasteiger partial charge in [0.25, 0.3) is 0 Å². The van der Waals surface area contributed by atoms with Crippen LogP contribution in [0.1, 0.15) is 0 Å². The zero-order chi connectivity index (χ0) is 13.2. The Kier molecular flexibility index (Phi) is 3.23. The number of aromatic amines is 1. The summed E-state index contributed by atoms with van der Waals surface area (Å²) in [6.07, 6.45) is 0. The number of nitrogens with one attached hydrogen (secondary N) is 1. The van der Waals surface area contributed by atoms with Gasteiger partial charge < -0.3 is 0 Å². The van der Waals surface area contributed by atoms with Gasteiger partial charge in [-0.1, -0.05) is 47.5 Å². The molecule has 0 atom stereocenters. The molecule has 3 aromatic rings. The quantitative estimate of drug-likeness (QED) is 0.757. The monoisotopic (exact) mass is 289 g/mol. The van der Waals surface area contributed by atoms with Crippen molar-refractivity contribution in [1.82, 2.24) is 15.4 Å². The van der Waals surface area contributed by atoms with Gasteiger partial charge in [-0.2, -0.15) is 15.4 Å². The van der Waals surface area contributed by atoms with E-state index in [1.807, 2.05) is 48.5 Å². The second kappa shape index (κ2) is 5.03. The minimum absolute atomic E-state index is 0.669. The summed E-state index contributed by atoms with van der Waals surface area (Å²) in [7, 11) is 0. The number of halogens is 2. The molecule has 1 aromatic heterocycles. The molecule has 0 aliphatic carbocycles. The van der Waals surface area contributed by atoms with Crippen LogP contribution >= 0.6 is 23.2 Å². The van der Waals surface area contributed by atoms with Crippen LogP contribution < -0.4 is 0 Å². The third kappa shape index (κ3) is 2.48. The maximum absolute atomic E-state index is 6.01. The van der Waals surface area contributed by atoms with Gasteiger partial charge in [0.15, 0.2) is 0 Å². The molecule has 2 aromatic carbocycles. The first-order chi connectivity index (χ1) is 9.24. The highest BCUT2D eigenvalue weighted by molar-refractivity contribution is 6.31. The summed E-state index contributed by atoms with van der Waals surface area (Å²) in [5, 5.41) is 12.4. The van der Waals surface area contributed by atoms with Crippen molar-refractivity contribution in [2.75, 3.05) is 0 Å². The van der Waals surface area contributed by atoms with Gasteiger partial charge >= 0.3 is 0 Å². The van der Waals surface area contributed by atoms with Crippen molar-refractivity contribution >= 4 is 23.2 Å². The highest BCUT2D eigenvalue weighted by Crippen LogP contribution is 2.30. The van der Waals surface area contributed by atoms with Gasteiger partial charge in [-0.05, 0) is 24.3 Å². The highest BCUT2D eigenvalue weighted by atomic mass is 35.5. The highest BCUT2D eigenvalue weighted by Gasteiger charge is 2.12. The van der Waals surface area contributed by atoms with Crippen molar-refractivity contribution in [1.29, 1.82) is 0 Å². The van der Waals surface area contributed by atoms with Crippen LogP contribution in [0.4, 0.5) is 0 Å². The Morgan fingerprint density at radius 2 is 1.42 bits per heavy atom. The van der Waals surface area contributed by atoms with Crippen molar-refractivity contribution in [3.63, 3.8) is 0 Å². The molecule has 0 aliphatic heterocycles. The predicted octanol–water partition coefficient (Wildman–Crippen LogP) is 4.45. The average Bonchev–Trinajstić information content (AvgIpc) is 2.89. The molecule has 0 amide bonds. The molecule has 0 aliphatic rings. The molecule has 3 nitrogen and oxygen atoms in total. The summed E-state index contributed by atoms with van der Waals surface area (Å²) in [5.74, 6) is 0. The van der Waals surface area contributed by atoms with Gasteiger partial charge in [0.1, 0.15) is 11.4 Å². The molecule has 1 heterocycles. The number of H-pyrrole nitrogens is 1. The fraction of sp³-hybridized carbons (Fsp3) is 0. The molecule has 5 heteroatoms. The lowest BCUT2D eigenvalue weighted by Crippen LogP contribution is -1.84. The molecule has 0 radical (unpaired) electrons. The molecule has 0 unspecified atom stereocenters. The lowest BCUT2D eigenvalue weighted by molar-refractivity contribution is 0.944. The van der Waals surface area contributed by atoms with Gasteiger partial charge in [0, 0.05) is 21.2 Å². The molecule has 19 heavy (non-hydrogen) atoms. The summed E-state index contributed by atoms with van der Waals surface area (Å²) < 4.78 is 0. The Morgan fingerprint density at radius 3 is 2.11 bits per heavy atom. The number of hydrogen-bond donors (Lipinski definition) is 1. The van der Waals surface area contributed by atoms with Gasteiger partial charge in [0.2, 0.25) is 0 Å². The van der Waals surface area contributed by atoms with Crippen LogP contribution in [0.3, 0.4) is 0 Å². The molecule has 3 rings (SSSR count). The van der Waals surface area contributed by atoms with E-state index >= 15 is 0 Å². The van der Waals surface area contributed by atoms with E-state index in [0.717, 1.165) is 22.5 Å². The summed E-state index contributed by atoms with van der Waals surface area (Å²) in [6.45, 7) is 0. The molecule has 0 saturated carbocycles. The Bertz CT molecular complexity index is 705. The maximum Gasteiger partial charge on any atom is 0.120 e. The number of benzene rings is 2. The number of nitrogens with zero attached hydrogens (tertiary/aromatic N) is 2. The Morgan fingerprint density at radius 1 is 0.737 bits per heavy atom. The Labute approximate surface area is 120 Å². The SMILES string of the molecule is Clc1ccc(-c2n[nH]nc2-c2cccc(Cl)c2)cc1. The van der Waals surface area contributed by atoms with Crippen molar-refractivity contribution in [3.8, 4) is 22.5 Å². The Hall–Kier alpha value is -1.84. The van der Waals surface area contributed by atoms with Crippen molar-refractivity contribution in [2.24, 2.45) is 0 Å². The zero-order valence-corrected chi connectivity index (χ0v) is 11.3. The first-order valence-electron chi connectivity index (χ1n) is 5.67. The average molecular weight is 290 g/mol. The van der Waals surface area contributed by atoms with Crippen LogP contribution in [0, 0.1) is 0 Å². The van der Waals surface area contributed by atoms with Gasteiger partial charge in [-0.25, -0.2) is 0 Å². The normalized spacial score (nSPS) is 10.6. The maximum atomic E-state index is 6.01. The van der Waals surface area contributed by atoms with E-state index in [9.17, 15) is 0 Å². The number of rotatable bonds is 2. The van der Waals surface area contributed by atoms with E-state index in [2.05, 4.69) is 15.4 Å². The molecular formula is C14H9Cl2N3. The summed E-state index contributed by atoms with van der Waals surface area (Å²) in [4.78, 5) is 0. The van der Waals surface area contributed by atoms with E-state index in [1.54, 1.807) is 0 Å². The van der Waals surface area contributed by atoms with Crippen LogP contribution in [-0.4, -0.2) is 15.4 Å². The first kappa shape index (κ1) is 12.2. The third-order valence-corrected chi connectivity index (χ3v) is 3.25. The van der Waals surface area contributed by atoms with Crippen molar-refractivity contribution < 1.29 is 0 Å². The fourth-order valence-electron chi connectivity index (χ4n) is 1.88. The lowest BCUT2D eigenvalue weighted by Gasteiger charge is -2.02. The zero-order valence-electron chi connectivity index (χ0n) is 9.77. The first-order valence-corrected chi connectivity index (χ1v) is 6.42. The third-order valence-electron chi connectivity index (χ3n) is 2.76. The number of aromatic nitrogens is 3. The summed E-state index contributed by atoms with van der Waals surface area (Å²) in [5.41, 5.74) is 3.42. The molecule has 1 N–H and O–H groups in total. The van der Waals surface area contributed by atoms with E-state index in [4.69, 9.17) is 23.2 Å². The second-order valence-corrected chi connectivity index (χ2v) is 4.91. The summed E-state index contributed by atoms with van der Waals surface area (Å²) >= 11 is 11.9. The van der Waals surface area contributed by atoms with Crippen molar-refractivity contribution in [3.05, 3.63) is 58.6 Å². The molecule has 0 spiro atoms. The molecule has 0 saturated heterocycles. The topological polar surface area (TPSA) is 41.6 Å². The smallest absolute Gasteiger partial charge is 0.120 e. The molecule has 94 valence electrons. The fourth-order valence-corrected chi connectivity index (χ4v) is 2.19. The van der Waals surface area contributed by atoms with Crippen LogP contribution in [0.2, 0.25) is 10.0 Å². The lowest BCUT2D eigenvalue weighted by atomic mass is 10.1. The number of hydrogen-bond acceptors (Lipinski definition) is 2.